The molecule has 1 aliphatic rings. The summed E-state index contributed by atoms with van der Waals surface area (Å²) < 4.78 is 5.40. The number of furan rings is 1. The summed E-state index contributed by atoms with van der Waals surface area (Å²) >= 11 is 0. The van der Waals surface area contributed by atoms with Crippen LogP contribution in [0, 0.1) is 6.92 Å². The average Bonchev–Trinajstić information content (AvgIpc) is 2.55. The van der Waals surface area contributed by atoms with Crippen LogP contribution in [0.5, 0.6) is 0 Å². The van der Waals surface area contributed by atoms with Gasteiger partial charge in [-0.1, -0.05) is 0 Å². The van der Waals surface area contributed by atoms with Gasteiger partial charge in [0.15, 0.2) is 5.76 Å². The molecule has 0 spiro atoms. The highest BCUT2D eigenvalue weighted by Gasteiger charge is 2.07. The first-order valence-electron chi connectivity index (χ1n) is 3.60. The van der Waals surface area contributed by atoms with Crippen molar-refractivity contribution in [2.45, 2.75) is 6.92 Å². The molecule has 1 aromatic heterocycles. The lowest BCUT2D eigenvalue weighted by atomic mass is 10.3. The normalized spacial score (nSPS) is 15.5. The van der Waals surface area contributed by atoms with Crippen molar-refractivity contribution in [1.29, 1.82) is 0 Å². The molecule has 2 N–H and O–H groups in total. The van der Waals surface area contributed by atoms with E-state index in [4.69, 9.17) is 4.42 Å². The Hall–Kier alpha value is -1.38. The van der Waals surface area contributed by atoms with Gasteiger partial charge in [0.2, 0.25) is 0 Å². The third-order valence-electron chi connectivity index (χ3n) is 1.63. The van der Waals surface area contributed by atoms with Gasteiger partial charge in [-0.15, -0.1) is 0 Å². The van der Waals surface area contributed by atoms with Crippen molar-refractivity contribution in [1.82, 2.24) is 10.6 Å². The zero-order chi connectivity index (χ0) is 7.68. The van der Waals surface area contributed by atoms with Crippen LogP contribution in [-0.2, 0) is 0 Å². The Morgan fingerprint density at radius 3 is 2.91 bits per heavy atom. The van der Waals surface area contributed by atoms with Crippen LogP contribution >= 0.6 is 0 Å². The van der Waals surface area contributed by atoms with Gasteiger partial charge in [-0.2, -0.15) is 0 Å². The molecular weight excluding hydrogens is 140 g/mol. The minimum atomic E-state index is 0.787. The van der Waals surface area contributed by atoms with Gasteiger partial charge < -0.3 is 15.1 Å². The van der Waals surface area contributed by atoms with Crippen molar-refractivity contribution in [3.63, 3.8) is 0 Å². The molecule has 0 amide bonds. The first-order valence-corrected chi connectivity index (χ1v) is 3.60. The van der Waals surface area contributed by atoms with E-state index in [0.717, 1.165) is 23.9 Å². The second-order valence-corrected chi connectivity index (χ2v) is 2.53. The van der Waals surface area contributed by atoms with E-state index in [0.29, 0.717) is 0 Å². The molecule has 0 atom stereocenters. The average molecular weight is 150 g/mol. The maximum Gasteiger partial charge on any atom is 0.151 e. The standard InChI is InChI=1S/C8H10N2O/c1-6-2-3-8(11-6)7-4-9-5-10-7/h2-4,9-10H,5H2,1H3. The summed E-state index contributed by atoms with van der Waals surface area (Å²) in [6.45, 7) is 2.72. The summed E-state index contributed by atoms with van der Waals surface area (Å²) in [5, 5.41) is 6.19. The van der Waals surface area contributed by atoms with Crippen LogP contribution in [0.1, 0.15) is 11.5 Å². The highest BCUT2D eigenvalue weighted by molar-refractivity contribution is 5.60. The van der Waals surface area contributed by atoms with Crippen LogP contribution in [0.2, 0.25) is 0 Å². The van der Waals surface area contributed by atoms with E-state index in [2.05, 4.69) is 10.6 Å². The van der Waals surface area contributed by atoms with Gasteiger partial charge in [0.25, 0.3) is 0 Å². The summed E-state index contributed by atoms with van der Waals surface area (Å²) in [5.74, 6) is 1.84. The number of hydrogen-bond donors (Lipinski definition) is 2. The monoisotopic (exact) mass is 150 g/mol. The van der Waals surface area contributed by atoms with Crippen molar-refractivity contribution >= 4 is 5.70 Å². The smallest absolute Gasteiger partial charge is 0.151 e. The zero-order valence-electron chi connectivity index (χ0n) is 6.35. The molecule has 1 aromatic rings. The van der Waals surface area contributed by atoms with Crippen LogP contribution in [-0.4, -0.2) is 6.67 Å². The van der Waals surface area contributed by atoms with Crippen LogP contribution in [0.15, 0.2) is 22.7 Å². The van der Waals surface area contributed by atoms with Crippen LogP contribution in [0.3, 0.4) is 0 Å². The summed E-state index contributed by atoms with van der Waals surface area (Å²) in [6.07, 6.45) is 1.91. The first kappa shape index (κ1) is 6.34. The molecule has 3 nitrogen and oxygen atoms in total. The molecule has 0 bridgehead atoms. The van der Waals surface area contributed by atoms with E-state index in [1.54, 1.807) is 0 Å². The van der Waals surface area contributed by atoms with Crippen LogP contribution < -0.4 is 10.6 Å². The second kappa shape index (κ2) is 2.34. The van der Waals surface area contributed by atoms with Gasteiger partial charge in [0.1, 0.15) is 5.76 Å². The molecule has 2 rings (SSSR count). The lowest BCUT2D eigenvalue weighted by molar-refractivity contribution is 0.518. The topological polar surface area (TPSA) is 37.2 Å². The van der Waals surface area contributed by atoms with E-state index in [-0.39, 0.29) is 0 Å². The third kappa shape index (κ3) is 1.09. The molecule has 3 heteroatoms. The lowest BCUT2D eigenvalue weighted by Gasteiger charge is -1.96. The Labute approximate surface area is 65.1 Å². The Morgan fingerprint density at radius 2 is 2.36 bits per heavy atom. The molecule has 1 aliphatic heterocycles. The molecule has 0 radical (unpaired) electrons. The van der Waals surface area contributed by atoms with E-state index < -0.39 is 0 Å². The van der Waals surface area contributed by atoms with Gasteiger partial charge >= 0.3 is 0 Å². The highest BCUT2D eigenvalue weighted by atomic mass is 16.3. The maximum absolute atomic E-state index is 5.40. The lowest BCUT2D eigenvalue weighted by Crippen LogP contribution is -2.13. The van der Waals surface area contributed by atoms with Gasteiger partial charge in [-0.3, -0.25) is 0 Å². The van der Waals surface area contributed by atoms with Crippen molar-refractivity contribution < 1.29 is 4.42 Å². The predicted octanol–water partition coefficient (Wildman–Crippen LogP) is 1.04. The van der Waals surface area contributed by atoms with Gasteiger partial charge in [-0.25, -0.2) is 0 Å². The summed E-state index contributed by atoms with van der Waals surface area (Å²) in [5.41, 5.74) is 1.03. The SMILES string of the molecule is Cc1ccc(C2=CNCN2)o1. The van der Waals surface area contributed by atoms with E-state index in [1.807, 2.05) is 25.3 Å². The molecule has 2 heterocycles. The highest BCUT2D eigenvalue weighted by Crippen LogP contribution is 2.15. The van der Waals surface area contributed by atoms with Crippen molar-refractivity contribution in [3.05, 3.63) is 29.9 Å². The number of rotatable bonds is 1. The van der Waals surface area contributed by atoms with E-state index in [9.17, 15) is 0 Å². The van der Waals surface area contributed by atoms with Gasteiger partial charge in [0.05, 0.1) is 12.4 Å². The summed E-state index contributed by atoms with van der Waals surface area (Å²) in [6, 6.07) is 3.91. The Balaban J connectivity index is 2.28. The van der Waals surface area contributed by atoms with E-state index >= 15 is 0 Å². The fraction of sp³-hybridized carbons (Fsp3) is 0.250. The Morgan fingerprint density at radius 1 is 1.45 bits per heavy atom. The van der Waals surface area contributed by atoms with Crippen molar-refractivity contribution in [2.75, 3.05) is 6.67 Å². The minimum absolute atomic E-state index is 0.787. The fourth-order valence-electron chi connectivity index (χ4n) is 1.09. The van der Waals surface area contributed by atoms with Crippen LogP contribution in [0.4, 0.5) is 0 Å². The molecule has 0 aromatic carbocycles. The molecule has 0 unspecified atom stereocenters. The number of nitrogens with one attached hydrogen (secondary N) is 2. The quantitative estimate of drug-likeness (QED) is 0.628. The molecule has 0 saturated heterocycles. The minimum Gasteiger partial charge on any atom is -0.460 e. The van der Waals surface area contributed by atoms with Gasteiger partial charge in [-0.05, 0) is 19.1 Å². The maximum atomic E-state index is 5.40. The molecule has 0 fully saturated rings. The zero-order valence-corrected chi connectivity index (χ0v) is 6.35. The number of aryl methyl sites for hydroxylation is 1. The Kier molecular flexibility index (Phi) is 1.35. The molecular formula is C8H10N2O. The summed E-state index contributed by atoms with van der Waals surface area (Å²) in [7, 11) is 0. The second-order valence-electron chi connectivity index (χ2n) is 2.53. The van der Waals surface area contributed by atoms with Crippen molar-refractivity contribution in [3.8, 4) is 0 Å². The molecule has 58 valence electrons. The van der Waals surface area contributed by atoms with Crippen LogP contribution in [0.25, 0.3) is 5.70 Å². The first-order chi connectivity index (χ1) is 5.36. The third-order valence-corrected chi connectivity index (χ3v) is 1.63. The van der Waals surface area contributed by atoms with Crippen molar-refractivity contribution in [2.24, 2.45) is 0 Å². The predicted molar refractivity (Wildman–Crippen MR) is 42.6 cm³/mol. The molecule has 0 aliphatic carbocycles. The fourth-order valence-corrected chi connectivity index (χ4v) is 1.09. The Bertz CT molecular complexity index is 288. The van der Waals surface area contributed by atoms with E-state index in [1.165, 1.54) is 0 Å². The molecule has 0 saturated carbocycles. The largest absolute Gasteiger partial charge is 0.460 e. The summed E-state index contributed by atoms with van der Waals surface area (Å²) in [4.78, 5) is 0. The van der Waals surface area contributed by atoms with Gasteiger partial charge in [0, 0.05) is 6.20 Å². The number of hydrogen-bond acceptors (Lipinski definition) is 3. The molecule has 11 heavy (non-hydrogen) atoms.